The number of nitrogens with zero attached hydrogens (tertiary/aromatic N) is 6. The summed E-state index contributed by atoms with van der Waals surface area (Å²) in [6.45, 7) is 3.63. The second-order valence-corrected chi connectivity index (χ2v) is 7.63. The number of hydrogen-bond donors (Lipinski definition) is 1. The van der Waals surface area contributed by atoms with Crippen LogP contribution in [0.15, 0.2) is 52.7 Å². The first-order valence-electron chi connectivity index (χ1n) is 9.65. The first-order chi connectivity index (χ1) is 14.6. The van der Waals surface area contributed by atoms with Crippen molar-refractivity contribution in [3.63, 3.8) is 0 Å². The molecule has 0 aliphatic rings. The molecule has 0 aliphatic heterocycles. The van der Waals surface area contributed by atoms with Gasteiger partial charge in [-0.25, -0.2) is 9.55 Å². The Morgan fingerprint density at radius 3 is 2.60 bits per heavy atom. The Bertz CT molecular complexity index is 1210. The topological polar surface area (TPSA) is 87.1 Å². The molecule has 0 aliphatic carbocycles. The molecule has 0 bridgehead atoms. The number of ether oxygens (including phenoxy) is 1. The van der Waals surface area contributed by atoms with E-state index in [2.05, 4.69) is 22.1 Å². The summed E-state index contributed by atoms with van der Waals surface area (Å²) >= 11 is 1.45. The van der Waals surface area contributed by atoms with Crippen molar-refractivity contribution in [1.29, 1.82) is 0 Å². The highest BCUT2D eigenvalue weighted by Gasteiger charge is 2.19. The Balaban J connectivity index is 1.62. The van der Waals surface area contributed by atoms with Gasteiger partial charge in [-0.1, -0.05) is 10.1 Å². The van der Waals surface area contributed by atoms with E-state index in [1.54, 1.807) is 7.11 Å². The lowest BCUT2D eigenvalue weighted by atomic mass is 10.2. The molecule has 9 heteroatoms. The van der Waals surface area contributed by atoms with Crippen LogP contribution < -0.4 is 14.2 Å². The lowest BCUT2D eigenvalue weighted by Crippen LogP contribution is -2.26. The fourth-order valence-corrected chi connectivity index (χ4v) is 4.07. The molecule has 154 valence electrons. The number of fused-ring (bicyclic) bond motifs is 2. The smallest absolute Gasteiger partial charge is 0.347 e. The molecular weight excluding hydrogens is 400 g/mol. The maximum absolute atomic E-state index is 9.18. The van der Waals surface area contributed by atoms with Crippen molar-refractivity contribution in [2.75, 3.05) is 31.7 Å². The number of rotatable bonds is 7. The predicted octanol–water partition coefficient (Wildman–Crippen LogP) is 3.91. The molecular formula is C21H23N6O2S+. The fourth-order valence-electron chi connectivity index (χ4n) is 3.18. The molecule has 0 unspecified atom stereocenters. The summed E-state index contributed by atoms with van der Waals surface area (Å²) in [5.74, 6) is 0.748. The van der Waals surface area contributed by atoms with Gasteiger partial charge in [-0.3, -0.25) is 0 Å². The van der Waals surface area contributed by atoms with E-state index in [0.29, 0.717) is 11.7 Å². The standard InChI is InChI=1S/C21H23N6O2S/c1-4-27(11-12-28)15-7-5-14(6-8-15)24-25-21-26(2)19-20(30-21)23-17-10-9-16(29-3)13-18(17)22-19/h5-10,13,28H,4,11-12H2,1-3H3/q+1. The Morgan fingerprint density at radius 2 is 1.90 bits per heavy atom. The number of aryl methyl sites for hydroxylation is 1. The van der Waals surface area contributed by atoms with Crippen LogP contribution in [-0.4, -0.2) is 41.9 Å². The number of benzene rings is 2. The molecule has 2 aromatic heterocycles. The summed E-state index contributed by atoms with van der Waals surface area (Å²) in [6, 6.07) is 13.5. The normalized spacial score (nSPS) is 11.6. The summed E-state index contributed by atoms with van der Waals surface area (Å²) < 4.78 is 7.17. The maximum atomic E-state index is 9.18. The Hall–Kier alpha value is -3.17. The minimum absolute atomic E-state index is 0.127. The molecule has 4 rings (SSSR count). The SMILES string of the molecule is CCN(CCO)c1ccc(N=Nc2sc3nc4ccc(OC)cc4nc3[n+]2C)cc1. The van der Waals surface area contributed by atoms with Crippen LogP contribution in [-0.2, 0) is 7.05 Å². The number of likely N-dealkylation sites (N-methyl/N-ethyl adjacent to an activating group) is 1. The summed E-state index contributed by atoms with van der Waals surface area (Å²) in [5, 5.41) is 18.7. The molecule has 1 N–H and O–H groups in total. The zero-order chi connectivity index (χ0) is 21.1. The molecule has 0 radical (unpaired) electrons. The average Bonchev–Trinajstić information content (AvgIpc) is 3.09. The molecule has 8 nitrogen and oxygen atoms in total. The zero-order valence-electron chi connectivity index (χ0n) is 17.1. The average molecular weight is 424 g/mol. The largest absolute Gasteiger partial charge is 0.497 e. The number of thiazole rings is 1. The van der Waals surface area contributed by atoms with E-state index in [1.165, 1.54) is 11.3 Å². The van der Waals surface area contributed by atoms with Gasteiger partial charge in [0.2, 0.25) is 0 Å². The van der Waals surface area contributed by atoms with E-state index in [1.807, 2.05) is 54.1 Å². The molecule has 2 aromatic carbocycles. The van der Waals surface area contributed by atoms with E-state index in [9.17, 15) is 5.11 Å². The maximum Gasteiger partial charge on any atom is 0.347 e. The van der Waals surface area contributed by atoms with E-state index in [0.717, 1.165) is 45.2 Å². The Kier molecular flexibility index (Phi) is 5.82. The molecule has 30 heavy (non-hydrogen) atoms. The Labute approximate surface area is 178 Å². The molecule has 0 atom stereocenters. The predicted molar refractivity (Wildman–Crippen MR) is 118 cm³/mol. The van der Waals surface area contributed by atoms with Crippen molar-refractivity contribution in [3.05, 3.63) is 42.5 Å². The highest BCUT2D eigenvalue weighted by atomic mass is 32.1. The minimum Gasteiger partial charge on any atom is -0.497 e. The van der Waals surface area contributed by atoms with Gasteiger partial charge in [0.05, 0.1) is 20.8 Å². The summed E-state index contributed by atoms with van der Waals surface area (Å²) in [7, 11) is 3.54. The molecule has 0 amide bonds. The van der Waals surface area contributed by atoms with Crippen LogP contribution in [0.5, 0.6) is 5.75 Å². The first kappa shape index (κ1) is 20.1. The van der Waals surface area contributed by atoms with E-state index < -0.39 is 0 Å². The van der Waals surface area contributed by atoms with Crippen LogP contribution in [0.2, 0.25) is 0 Å². The van der Waals surface area contributed by atoms with Gasteiger partial charge in [0.1, 0.15) is 17.0 Å². The quantitative estimate of drug-likeness (QED) is 0.360. The van der Waals surface area contributed by atoms with Crippen LogP contribution in [0.1, 0.15) is 6.92 Å². The van der Waals surface area contributed by atoms with Crippen LogP contribution in [0.3, 0.4) is 0 Å². The van der Waals surface area contributed by atoms with Crippen molar-refractivity contribution in [2.45, 2.75) is 6.92 Å². The molecule has 2 heterocycles. The van der Waals surface area contributed by atoms with Crippen molar-refractivity contribution in [3.8, 4) is 5.75 Å². The summed E-state index contributed by atoms with van der Waals surface area (Å²) in [6.07, 6.45) is 0. The third-order valence-corrected chi connectivity index (χ3v) is 5.84. The molecule has 0 spiro atoms. The van der Waals surface area contributed by atoms with Gasteiger partial charge in [0, 0.05) is 30.0 Å². The van der Waals surface area contributed by atoms with Crippen LogP contribution in [0.4, 0.5) is 16.5 Å². The van der Waals surface area contributed by atoms with Crippen molar-refractivity contribution in [2.24, 2.45) is 17.3 Å². The number of hydrogen-bond acceptors (Lipinski definition) is 8. The van der Waals surface area contributed by atoms with Gasteiger partial charge in [-0.2, -0.15) is 0 Å². The monoisotopic (exact) mass is 423 g/mol. The molecule has 0 fully saturated rings. The van der Waals surface area contributed by atoms with Crippen LogP contribution in [0.25, 0.3) is 21.5 Å². The van der Waals surface area contributed by atoms with Gasteiger partial charge in [-0.05, 0) is 54.7 Å². The van der Waals surface area contributed by atoms with Crippen molar-refractivity contribution in [1.82, 2.24) is 9.97 Å². The second-order valence-electron chi connectivity index (χ2n) is 6.67. The molecule has 4 aromatic rings. The minimum atomic E-state index is 0.127. The van der Waals surface area contributed by atoms with Crippen LogP contribution >= 0.6 is 11.3 Å². The Morgan fingerprint density at radius 1 is 1.10 bits per heavy atom. The van der Waals surface area contributed by atoms with Gasteiger partial charge in [0.25, 0.3) is 0 Å². The van der Waals surface area contributed by atoms with E-state index in [-0.39, 0.29) is 6.61 Å². The van der Waals surface area contributed by atoms with Crippen molar-refractivity contribution < 1.29 is 14.4 Å². The van der Waals surface area contributed by atoms with Crippen LogP contribution in [0, 0.1) is 0 Å². The van der Waals surface area contributed by atoms with Gasteiger partial charge in [-0.15, -0.1) is 0 Å². The highest BCUT2D eigenvalue weighted by Crippen LogP contribution is 2.28. The van der Waals surface area contributed by atoms with Crippen molar-refractivity contribution >= 4 is 49.4 Å². The third-order valence-electron chi connectivity index (χ3n) is 4.83. The number of methoxy groups -OCH3 is 1. The summed E-state index contributed by atoms with van der Waals surface area (Å²) in [5.41, 5.74) is 4.15. The summed E-state index contributed by atoms with van der Waals surface area (Å²) in [4.78, 5) is 12.3. The lowest BCUT2D eigenvalue weighted by molar-refractivity contribution is -0.629. The van der Waals surface area contributed by atoms with E-state index >= 15 is 0 Å². The highest BCUT2D eigenvalue weighted by molar-refractivity contribution is 7.20. The number of anilines is 1. The number of aromatic nitrogens is 3. The number of azo groups is 1. The van der Waals surface area contributed by atoms with E-state index in [4.69, 9.17) is 14.7 Å². The fraction of sp³-hybridized carbons (Fsp3) is 0.286. The lowest BCUT2D eigenvalue weighted by Gasteiger charge is -2.21. The van der Waals surface area contributed by atoms with Gasteiger partial charge >= 0.3 is 10.8 Å². The zero-order valence-corrected chi connectivity index (χ0v) is 17.9. The van der Waals surface area contributed by atoms with Gasteiger partial charge in [0.15, 0.2) is 10.3 Å². The third kappa shape index (κ3) is 3.94. The molecule has 0 saturated carbocycles. The molecule has 0 saturated heterocycles. The second kappa shape index (κ2) is 8.68. The van der Waals surface area contributed by atoms with Gasteiger partial charge < -0.3 is 14.7 Å². The first-order valence-corrected chi connectivity index (χ1v) is 10.5. The number of aliphatic hydroxyl groups is 1. The number of aliphatic hydroxyl groups excluding tert-OH is 1.